The molecule has 0 fully saturated rings. The third-order valence-corrected chi connectivity index (χ3v) is 2.80. The zero-order valence-electron chi connectivity index (χ0n) is 8.46. The molecule has 0 aliphatic heterocycles. The molecule has 0 saturated heterocycles. The van der Waals surface area contributed by atoms with Gasteiger partial charge in [-0.25, -0.2) is 4.98 Å². The number of halogens is 2. The van der Waals surface area contributed by atoms with Crippen molar-refractivity contribution in [2.24, 2.45) is 0 Å². The molecule has 78 valence electrons. The maximum atomic E-state index is 6.05. The van der Waals surface area contributed by atoms with E-state index in [4.69, 9.17) is 23.2 Å². The Morgan fingerprint density at radius 2 is 1.60 bits per heavy atom. The highest BCUT2D eigenvalue weighted by molar-refractivity contribution is 6.33. The Bertz CT molecular complexity index is 484. The minimum Gasteiger partial charge on any atom is -0.316 e. The highest BCUT2D eigenvalue weighted by atomic mass is 35.5. The molecule has 0 N–H and O–H groups in total. The van der Waals surface area contributed by atoms with Gasteiger partial charge in [-0.1, -0.05) is 23.2 Å². The summed E-state index contributed by atoms with van der Waals surface area (Å²) in [7, 11) is 0. The number of aromatic nitrogens is 2. The van der Waals surface area contributed by atoms with Crippen LogP contribution in [0.25, 0.3) is 5.69 Å². The minimum absolute atomic E-state index is 0.409. The molecule has 0 radical (unpaired) electrons. The predicted molar refractivity (Wildman–Crippen MR) is 63.1 cm³/mol. The molecule has 0 bridgehead atoms. The Morgan fingerprint density at radius 1 is 1.00 bits per heavy atom. The Hall–Kier alpha value is -0.990. The van der Waals surface area contributed by atoms with Gasteiger partial charge in [-0.05, 0) is 38.1 Å². The lowest BCUT2D eigenvalue weighted by Crippen LogP contribution is -2.00. The lowest BCUT2D eigenvalue weighted by molar-refractivity contribution is 0.956. The Balaban J connectivity index is 2.64. The monoisotopic (exact) mass is 240 g/mol. The van der Waals surface area contributed by atoms with Gasteiger partial charge in [0.1, 0.15) is 5.15 Å². The van der Waals surface area contributed by atoms with Crippen LogP contribution >= 0.6 is 23.2 Å². The first-order chi connectivity index (χ1) is 7.09. The van der Waals surface area contributed by atoms with Gasteiger partial charge in [0.15, 0.2) is 5.15 Å². The van der Waals surface area contributed by atoms with Gasteiger partial charge in [0, 0.05) is 11.4 Å². The minimum atomic E-state index is 0.409. The quantitative estimate of drug-likeness (QED) is 0.694. The fourth-order valence-electron chi connectivity index (χ4n) is 1.62. The average molecular weight is 241 g/mol. The molecule has 15 heavy (non-hydrogen) atoms. The van der Waals surface area contributed by atoms with Crippen molar-refractivity contribution in [3.8, 4) is 5.69 Å². The molecule has 0 aromatic carbocycles. The molecule has 0 atom stereocenters. The molecule has 2 aromatic rings. The number of rotatable bonds is 1. The summed E-state index contributed by atoms with van der Waals surface area (Å²) >= 11 is 11.8. The predicted octanol–water partition coefficient (Wildman–Crippen LogP) is 3.80. The standard InChI is InChI=1S/C11H10Cl2N2/c1-7-3-4-8(2)15(7)9-5-6-10(12)14-11(9)13/h3-6H,1-2H3. The molecule has 0 aliphatic rings. The van der Waals surface area contributed by atoms with Crippen molar-refractivity contribution in [1.82, 2.24) is 9.55 Å². The Labute approximate surface area is 98.5 Å². The zero-order valence-corrected chi connectivity index (χ0v) is 9.97. The van der Waals surface area contributed by atoms with Gasteiger partial charge >= 0.3 is 0 Å². The molecular formula is C11H10Cl2N2. The largest absolute Gasteiger partial charge is 0.316 e. The first kappa shape index (κ1) is 10.5. The molecule has 2 aromatic heterocycles. The van der Waals surface area contributed by atoms with Gasteiger partial charge in [0.2, 0.25) is 0 Å². The zero-order chi connectivity index (χ0) is 11.0. The van der Waals surface area contributed by atoms with Crippen molar-refractivity contribution in [3.63, 3.8) is 0 Å². The van der Waals surface area contributed by atoms with Crippen molar-refractivity contribution in [3.05, 3.63) is 46.0 Å². The van der Waals surface area contributed by atoms with Crippen LogP contribution in [0.1, 0.15) is 11.4 Å². The van der Waals surface area contributed by atoms with Crippen LogP contribution in [0.2, 0.25) is 10.3 Å². The summed E-state index contributed by atoms with van der Waals surface area (Å²) in [5, 5.41) is 0.830. The van der Waals surface area contributed by atoms with E-state index >= 15 is 0 Å². The number of hydrogen-bond acceptors (Lipinski definition) is 1. The van der Waals surface area contributed by atoms with Gasteiger partial charge < -0.3 is 4.57 Å². The first-order valence-corrected chi connectivity index (χ1v) is 5.32. The number of pyridine rings is 1. The maximum Gasteiger partial charge on any atom is 0.154 e. The Kier molecular flexibility index (Phi) is 2.72. The van der Waals surface area contributed by atoms with Crippen LogP contribution < -0.4 is 0 Å². The van der Waals surface area contributed by atoms with Crippen LogP contribution in [0.3, 0.4) is 0 Å². The summed E-state index contributed by atoms with van der Waals surface area (Å²) in [4.78, 5) is 4.02. The van der Waals surface area contributed by atoms with E-state index in [-0.39, 0.29) is 0 Å². The lowest BCUT2D eigenvalue weighted by Gasteiger charge is -2.10. The van der Waals surface area contributed by atoms with Gasteiger partial charge in [-0.3, -0.25) is 0 Å². The van der Waals surface area contributed by atoms with Gasteiger partial charge in [0.05, 0.1) is 5.69 Å². The summed E-state index contributed by atoms with van der Waals surface area (Å²) in [5.41, 5.74) is 3.11. The molecule has 2 nitrogen and oxygen atoms in total. The lowest BCUT2D eigenvalue weighted by atomic mass is 10.4. The second-order valence-corrected chi connectivity index (χ2v) is 4.14. The molecule has 0 unspecified atom stereocenters. The van der Waals surface area contributed by atoms with Crippen LogP contribution in [0, 0.1) is 13.8 Å². The van der Waals surface area contributed by atoms with Crippen molar-refractivity contribution in [1.29, 1.82) is 0 Å². The molecule has 2 rings (SSSR count). The summed E-state index contributed by atoms with van der Waals surface area (Å²) in [6.07, 6.45) is 0. The van der Waals surface area contributed by atoms with Crippen LogP contribution in [-0.4, -0.2) is 9.55 Å². The van der Waals surface area contributed by atoms with Crippen LogP contribution in [0.15, 0.2) is 24.3 Å². The molecule has 0 aliphatic carbocycles. The van der Waals surface area contributed by atoms with Crippen molar-refractivity contribution < 1.29 is 0 Å². The molecule has 0 spiro atoms. The van der Waals surface area contributed by atoms with Gasteiger partial charge in [-0.2, -0.15) is 0 Å². The third kappa shape index (κ3) is 1.87. The second kappa shape index (κ2) is 3.87. The summed E-state index contributed by atoms with van der Waals surface area (Å²) in [6.45, 7) is 4.05. The number of hydrogen-bond donors (Lipinski definition) is 0. The van der Waals surface area contributed by atoms with E-state index in [1.165, 1.54) is 0 Å². The van der Waals surface area contributed by atoms with Crippen LogP contribution in [0.5, 0.6) is 0 Å². The fourth-order valence-corrected chi connectivity index (χ4v) is 2.05. The van der Waals surface area contributed by atoms with E-state index in [0.717, 1.165) is 17.1 Å². The molecule has 0 saturated carbocycles. The van der Waals surface area contributed by atoms with E-state index in [0.29, 0.717) is 10.3 Å². The van der Waals surface area contributed by atoms with E-state index < -0.39 is 0 Å². The van der Waals surface area contributed by atoms with Gasteiger partial charge in [-0.15, -0.1) is 0 Å². The normalized spacial score (nSPS) is 10.7. The van der Waals surface area contributed by atoms with Crippen LogP contribution in [-0.2, 0) is 0 Å². The SMILES string of the molecule is Cc1ccc(C)n1-c1ccc(Cl)nc1Cl. The average Bonchev–Trinajstić information content (AvgIpc) is 2.48. The van der Waals surface area contributed by atoms with E-state index in [1.807, 2.05) is 36.6 Å². The number of nitrogens with zero attached hydrogens (tertiary/aromatic N) is 2. The van der Waals surface area contributed by atoms with Gasteiger partial charge in [0.25, 0.3) is 0 Å². The molecular weight excluding hydrogens is 231 g/mol. The van der Waals surface area contributed by atoms with E-state index in [2.05, 4.69) is 4.98 Å². The summed E-state index contributed by atoms with van der Waals surface area (Å²) in [5.74, 6) is 0. The first-order valence-electron chi connectivity index (χ1n) is 4.57. The van der Waals surface area contributed by atoms with Crippen molar-refractivity contribution in [2.45, 2.75) is 13.8 Å². The smallest absolute Gasteiger partial charge is 0.154 e. The Morgan fingerprint density at radius 3 is 2.13 bits per heavy atom. The van der Waals surface area contributed by atoms with E-state index in [1.54, 1.807) is 6.07 Å². The molecule has 2 heterocycles. The highest BCUT2D eigenvalue weighted by Crippen LogP contribution is 2.24. The van der Waals surface area contributed by atoms with E-state index in [9.17, 15) is 0 Å². The summed E-state index contributed by atoms with van der Waals surface area (Å²) in [6, 6.07) is 7.69. The number of aryl methyl sites for hydroxylation is 2. The topological polar surface area (TPSA) is 17.8 Å². The summed E-state index contributed by atoms with van der Waals surface area (Å²) < 4.78 is 2.05. The highest BCUT2D eigenvalue weighted by Gasteiger charge is 2.08. The molecule has 0 amide bonds. The fraction of sp³-hybridized carbons (Fsp3) is 0.182. The maximum absolute atomic E-state index is 6.05. The van der Waals surface area contributed by atoms with Crippen molar-refractivity contribution in [2.75, 3.05) is 0 Å². The van der Waals surface area contributed by atoms with Crippen molar-refractivity contribution >= 4 is 23.2 Å². The third-order valence-electron chi connectivity index (χ3n) is 2.31. The van der Waals surface area contributed by atoms with Crippen LogP contribution in [0.4, 0.5) is 0 Å². The molecule has 4 heteroatoms. The second-order valence-electron chi connectivity index (χ2n) is 3.40.